The Hall–Kier alpha value is -3.23. The van der Waals surface area contributed by atoms with E-state index in [9.17, 15) is 18.0 Å². The Balaban J connectivity index is 1.55. The SMILES string of the molecule is O=C(Nc1cc(C(F)(F)F)ccc1Cl)[C@@H](NCc1ccc2c(c1)OCO2)c1ccccc1. The van der Waals surface area contributed by atoms with Gasteiger partial charge in [0.1, 0.15) is 6.04 Å². The van der Waals surface area contributed by atoms with Crippen molar-refractivity contribution in [3.8, 4) is 11.5 Å². The summed E-state index contributed by atoms with van der Waals surface area (Å²) in [6, 6.07) is 16.2. The molecule has 9 heteroatoms. The maximum Gasteiger partial charge on any atom is 0.416 e. The van der Waals surface area contributed by atoms with E-state index in [4.69, 9.17) is 21.1 Å². The zero-order valence-corrected chi connectivity index (χ0v) is 17.3. The number of alkyl halides is 3. The maximum absolute atomic E-state index is 13.1. The summed E-state index contributed by atoms with van der Waals surface area (Å²) in [7, 11) is 0. The van der Waals surface area contributed by atoms with Crippen LogP contribution < -0.4 is 20.1 Å². The quantitative estimate of drug-likeness (QED) is 0.503. The Morgan fingerprint density at radius 2 is 1.75 bits per heavy atom. The van der Waals surface area contributed by atoms with Gasteiger partial charge in [-0.3, -0.25) is 10.1 Å². The maximum atomic E-state index is 13.1. The van der Waals surface area contributed by atoms with Crippen molar-refractivity contribution in [2.24, 2.45) is 0 Å². The van der Waals surface area contributed by atoms with Gasteiger partial charge in [0.25, 0.3) is 0 Å². The van der Waals surface area contributed by atoms with Crippen molar-refractivity contribution in [2.45, 2.75) is 18.8 Å². The summed E-state index contributed by atoms with van der Waals surface area (Å²) in [6.07, 6.45) is -4.56. The molecular formula is C23H18ClF3N2O3. The number of hydrogen-bond donors (Lipinski definition) is 2. The number of hydrogen-bond acceptors (Lipinski definition) is 4. The highest BCUT2D eigenvalue weighted by Gasteiger charge is 2.31. The Labute approximate surface area is 187 Å². The van der Waals surface area contributed by atoms with E-state index in [1.54, 1.807) is 42.5 Å². The molecule has 32 heavy (non-hydrogen) atoms. The van der Waals surface area contributed by atoms with Crippen LogP contribution in [-0.4, -0.2) is 12.7 Å². The first kappa shape index (κ1) is 22.0. The zero-order chi connectivity index (χ0) is 22.7. The number of carbonyl (C=O) groups is 1. The van der Waals surface area contributed by atoms with Gasteiger partial charge in [-0.2, -0.15) is 13.2 Å². The highest BCUT2D eigenvalue weighted by atomic mass is 35.5. The molecule has 1 aliphatic rings. The molecule has 0 saturated heterocycles. The normalized spacial score (nSPS) is 13.6. The first-order chi connectivity index (χ1) is 15.3. The van der Waals surface area contributed by atoms with Gasteiger partial charge >= 0.3 is 6.18 Å². The molecule has 0 radical (unpaired) electrons. The Morgan fingerprint density at radius 3 is 2.50 bits per heavy atom. The second-order valence-corrected chi connectivity index (χ2v) is 7.50. The molecule has 166 valence electrons. The summed E-state index contributed by atoms with van der Waals surface area (Å²) in [6.45, 7) is 0.457. The van der Waals surface area contributed by atoms with Gasteiger partial charge in [-0.1, -0.05) is 48.0 Å². The largest absolute Gasteiger partial charge is 0.454 e. The van der Waals surface area contributed by atoms with Crippen molar-refractivity contribution in [1.29, 1.82) is 0 Å². The predicted molar refractivity (Wildman–Crippen MR) is 114 cm³/mol. The summed E-state index contributed by atoms with van der Waals surface area (Å²) in [5, 5.41) is 5.68. The van der Waals surface area contributed by atoms with Crippen molar-refractivity contribution in [3.63, 3.8) is 0 Å². The van der Waals surface area contributed by atoms with E-state index in [1.165, 1.54) is 0 Å². The molecule has 0 fully saturated rings. The highest BCUT2D eigenvalue weighted by molar-refractivity contribution is 6.33. The van der Waals surface area contributed by atoms with Crippen LogP contribution in [0, 0.1) is 0 Å². The highest BCUT2D eigenvalue weighted by Crippen LogP contribution is 2.35. The van der Waals surface area contributed by atoms with Gasteiger partial charge in [0, 0.05) is 6.54 Å². The van der Waals surface area contributed by atoms with Crippen LogP contribution in [0.3, 0.4) is 0 Å². The monoisotopic (exact) mass is 462 g/mol. The van der Waals surface area contributed by atoms with Crippen molar-refractivity contribution < 1.29 is 27.4 Å². The summed E-state index contributed by atoms with van der Waals surface area (Å²) in [5.74, 6) is 0.712. The summed E-state index contributed by atoms with van der Waals surface area (Å²) in [4.78, 5) is 13.1. The number of nitrogens with one attached hydrogen (secondary N) is 2. The topological polar surface area (TPSA) is 59.6 Å². The number of benzene rings is 3. The number of anilines is 1. The molecule has 0 aromatic heterocycles. The van der Waals surface area contributed by atoms with Crippen LogP contribution in [0.15, 0.2) is 66.7 Å². The molecule has 1 atom stereocenters. The van der Waals surface area contributed by atoms with Crippen LogP contribution >= 0.6 is 11.6 Å². The molecule has 0 aliphatic carbocycles. The van der Waals surface area contributed by atoms with Gasteiger partial charge in [0.15, 0.2) is 11.5 Å². The minimum Gasteiger partial charge on any atom is -0.454 e. The van der Waals surface area contributed by atoms with Gasteiger partial charge in [0.05, 0.1) is 16.3 Å². The van der Waals surface area contributed by atoms with Crippen molar-refractivity contribution in [3.05, 3.63) is 88.4 Å². The van der Waals surface area contributed by atoms with Crippen molar-refractivity contribution >= 4 is 23.2 Å². The van der Waals surface area contributed by atoms with Crippen LogP contribution in [0.1, 0.15) is 22.7 Å². The summed E-state index contributed by atoms with van der Waals surface area (Å²) < 4.78 is 49.9. The zero-order valence-electron chi connectivity index (χ0n) is 16.6. The van der Waals surface area contributed by atoms with Crippen LogP contribution in [0.2, 0.25) is 5.02 Å². The fourth-order valence-corrected chi connectivity index (χ4v) is 3.45. The van der Waals surface area contributed by atoms with Crippen molar-refractivity contribution in [1.82, 2.24) is 5.32 Å². The lowest BCUT2D eigenvalue weighted by Gasteiger charge is -2.20. The van der Waals surface area contributed by atoms with E-state index in [0.29, 0.717) is 23.6 Å². The molecule has 3 aromatic rings. The van der Waals surface area contributed by atoms with E-state index in [-0.39, 0.29) is 17.5 Å². The van der Waals surface area contributed by atoms with Crippen LogP contribution in [-0.2, 0) is 17.5 Å². The molecule has 0 bridgehead atoms. The number of rotatable bonds is 6. The Bertz CT molecular complexity index is 1120. The molecule has 5 nitrogen and oxygen atoms in total. The van der Waals surface area contributed by atoms with Gasteiger partial charge in [0.2, 0.25) is 12.7 Å². The first-order valence-corrected chi connectivity index (χ1v) is 10.0. The molecule has 1 amide bonds. The molecule has 0 unspecified atom stereocenters. The smallest absolute Gasteiger partial charge is 0.416 e. The minimum absolute atomic E-state index is 0.00827. The van der Waals surface area contributed by atoms with E-state index < -0.39 is 23.7 Å². The summed E-state index contributed by atoms with van der Waals surface area (Å²) >= 11 is 6.04. The number of ether oxygens (including phenoxy) is 2. The van der Waals surface area contributed by atoms with E-state index >= 15 is 0 Å². The molecule has 0 spiro atoms. The Kier molecular flexibility index (Phi) is 6.25. The number of carbonyl (C=O) groups excluding carboxylic acids is 1. The molecule has 0 saturated carbocycles. The fourth-order valence-electron chi connectivity index (χ4n) is 3.28. The number of halogens is 4. The number of amides is 1. The second kappa shape index (κ2) is 9.10. The minimum atomic E-state index is -4.56. The molecular weight excluding hydrogens is 445 g/mol. The molecule has 4 rings (SSSR count). The van der Waals surface area contributed by atoms with E-state index in [1.807, 2.05) is 6.07 Å². The third-order valence-electron chi connectivity index (χ3n) is 4.89. The van der Waals surface area contributed by atoms with Gasteiger partial charge in [-0.05, 0) is 41.5 Å². The Morgan fingerprint density at radius 1 is 1.00 bits per heavy atom. The van der Waals surface area contributed by atoms with Gasteiger partial charge in [-0.15, -0.1) is 0 Å². The van der Waals surface area contributed by atoms with Crippen molar-refractivity contribution in [2.75, 3.05) is 12.1 Å². The lowest BCUT2D eigenvalue weighted by Crippen LogP contribution is -2.33. The van der Waals surface area contributed by atoms with Crippen LogP contribution in [0.25, 0.3) is 0 Å². The van der Waals surface area contributed by atoms with E-state index in [2.05, 4.69) is 10.6 Å². The van der Waals surface area contributed by atoms with Gasteiger partial charge < -0.3 is 14.8 Å². The average Bonchev–Trinajstić information content (AvgIpc) is 3.23. The fraction of sp³-hybridized carbons (Fsp3) is 0.174. The lowest BCUT2D eigenvalue weighted by molar-refractivity contribution is -0.137. The number of fused-ring (bicyclic) bond motifs is 1. The van der Waals surface area contributed by atoms with Crippen LogP contribution in [0.5, 0.6) is 11.5 Å². The molecule has 1 aliphatic heterocycles. The summed E-state index contributed by atoms with van der Waals surface area (Å²) in [5.41, 5.74) is 0.480. The van der Waals surface area contributed by atoms with E-state index in [0.717, 1.165) is 23.8 Å². The molecule has 2 N–H and O–H groups in total. The third kappa shape index (κ3) is 4.98. The standard InChI is InChI=1S/C23H18ClF3N2O3/c24-17-8-7-16(23(25,26)27)11-18(17)29-22(30)21(15-4-2-1-3-5-15)28-12-14-6-9-19-20(10-14)32-13-31-19/h1-11,21,28H,12-13H2,(H,29,30)/t21-/m0/s1. The van der Waals surface area contributed by atoms with Crippen LogP contribution in [0.4, 0.5) is 18.9 Å². The second-order valence-electron chi connectivity index (χ2n) is 7.09. The molecule has 3 aromatic carbocycles. The lowest BCUT2D eigenvalue weighted by atomic mass is 10.0. The molecule has 1 heterocycles. The predicted octanol–water partition coefficient (Wildman–Crippen LogP) is 5.56. The van der Waals surface area contributed by atoms with Gasteiger partial charge in [-0.25, -0.2) is 0 Å². The average molecular weight is 463 g/mol. The third-order valence-corrected chi connectivity index (χ3v) is 5.22. The first-order valence-electron chi connectivity index (χ1n) is 9.66.